The Morgan fingerprint density at radius 1 is 1.38 bits per heavy atom. The first-order chi connectivity index (χ1) is 9.94. The molecule has 1 saturated carbocycles. The summed E-state index contributed by atoms with van der Waals surface area (Å²) >= 11 is 0. The van der Waals surface area contributed by atoms with Crippen LogP contribution in [0.2, 0.25) is 0 Å². The Balaban J connectivity index is 2.34. The van der Waals surface area contributed by atoms with E-state index in [9.17, 15) is 0 Å². The van der Waals surface area contributed by atoms with Crippen molar-refractivity contribution in [1.82, 2.24) is 10.3 Å². The number of nitrogens with zero attached hydrogens (tertiary/aromatic N) is 2. The van der Waals surface area contributed by atoms with Crippen LogP contribution in [0.5, 0.6) is 0 Å². The van der Waals surface area contributed by atoms with Gasteiger partial charge in [-0.15, -0.1) is 6.42 Å². The highest BCUT2D eigenvalue weighted by atomic mass is 15.2. The number of anilines is 1. The van der Waals surface area contributed by atoms with Crippen LogP contribution in [0.4, 0.5) is 5.82 Å². The summed E-state index contributed by atoms with van der Waals surface area (Å²) in [4.78, 5) is 7.15. The van der Waals surface area contributed by atoms with E-state index in [0.717, 1.165) is 30.5 Å². The highest BCUT2D eigenvalue weighted by molar-refractivity contribution is 5.45. The quantitative estimate of drug-likeness (QED) is 0.815. The van der Waals surface area contributed by atoms with Crippen molar-refractivity contribution in [1.29, 1.82) is 0 Å². The maximum Gasteiger partial charge on any atom is 0.129 e. The Morgan fingerprint density at radius 3 is 2.62 bits per heavy atom. The summed E-state index contributed by atoms with van der Waals surface area (Å²) in [5.74, 6) is 4.60. The van der Waals surface area contributed by atoms with Crippen LogP contribution in [-0.2, 0) is 12.0 Å². The van der Waals surface area contributed by atoms with E-state index in [0.29, 0.717) is 6.54 Å². The second-order valence-corrected chi connectivity index (χ2v) is 7.03. The Bertz CT molecular complexity index is 518. The molecule has 1 fully saturated rings. The molecule has 1 aliphatic rings. The molecule has 1 heterocycles. The van der Waals surface area contributed by atoms with E-state index >= 15 is 0 Å². The average molecular weight is 285 g/mol. The zero-order valence-electron chi connectivity index (χ0n) is 13.7. The van der Waals surface area contributed by atoms with Gasteiger partial charge < -0.3 is 10.2 Å². The van der Waals surface area contributed by atoms with Gasteiger partial charge in [0.05, 0.1) is 6.54 Å². The summed E-state index contributed by atoms with van der Waals surface area (Å²) in [5, 5.41) is 3.23. The van der Waals surface area contributed by atoms with E-state index in [1.54, 1.807) is 0 Å². The molecule has 2 rings (SSSR count). The third-order valence-electron chi connectivity index (χ3n) is 3.80. The summed E-state index contributed by atoms with van der Waals surface area (Å²) in [5.41, 5.74) is 2.44. The van der Waals surface area contributed by atoms with Gasteiger partial charge in [0.25, 0.3) is 0 Å². The van der Waals surface area contributed by atoms with Gasteiger partial charge in [0.15, 0.2) is 0 Å². The van der Waals surface area contributed by atoms with Gasteiger partial charge in [-0.1, -0.05) is 26.7 Å². The van der Waals surface area contributed by atoms with Gasteiger partial charge in [-0.05, 0) is 43.5 Å². The van der Waals surface area contributed by atoms with Crippen molar-refractivity contribution >= 4 is 5.82 Å². The van der Waals surface area contributed by atoms with Crippen LogP contribution in [-0.4, -0.2) is 25.1 Å². The molecule has 21 heavy (non-hydrogen) atoms. The van der Waals surface area contributed by atoms with Crippen LogP contribution in [0.25, 0.3) is 0 Å². The molecule has 3 nitrogen and oxygen atoms in total. The lowest BCUT2D eigenvalue weighted by molar-refractivity contribution is 0.565. The van der Waals surface area contributed by atoms with E-state index in [1.807, 2.05) is 7.05 Å². The summed E-state index contributed by atoms with van der Waals surface area (Å²) in [7, 11) is 1.97. The number of rotatable bonds is 6. The largest absolute Gasteiger partial charge is 0.345 e. The van der Waals surface area contributed by atoms with Crippen molar-refractivity contribution in [3.8, 4) is 12.3 Å². The van der Waals surface area contributed by atoms with Crippen LogP contribution in [0.1, 0.15) is 44.9 Å². The molecule has 1 aromatic rings. The predicted octanol–water partition coefficient (Wildman–Crippen LogP) is 2.95. The minimum Gasteiger partial charge on any atom is -0.345 e. The summed E-state index contributed by atoms with van der Waals surface area (Å²) in [6.45, 7) is 9.13. The van der Waals surface area contributed by atoms with Gasteiger partial charge >= 0.3 is 0 Å². The number of terminal acetylenes is 1. The lowest BCUT2D eigenvalue weighted by Crippen LogP contribution is -2.28. The van der Waals surface area contributed by atoms with Gasteiger partial charge in [0.1, 0.15) is 5.82 Å². The molecule has 1 aromatic heterocycles. The zero-order valence-corrected chi connectivity index (χ0v) is 13.7. The van der Waals surface area contributed by atoms with Crippen LogP contribution in [0.15, 0.2) is 12.1 Å². The van der Waals surface area contributed by atoms with E-state index in [1.165, 1.54) is 18.4 Å². The first kappa shape index (κ1) is 15.9. The van der Waals surface area contributed by atoms with E-state index < -0.39 is 0 Å². The highest BCUT2D eigenvalue weighted by Crippen LogP contribution is 2.32. The SMILES string of the molecule is C#CCN(CC1CC1)c1cc(CNC)cc(C(C)(C)C)n1. The van der Waals surface area contributed by atoms with Gasteiger partial charge in [-0.25, -0.2) is 4.98 Å². The van der Waals surface area contributed by atoms with Crippen LogP contribution in [0, 0.1) is 18.3 Å². The number of aromatic nitrogens is 1. The number of hydrogen-bond donors (Lipinski definition) is 1. The molecule has 1 aliphatic carbocycles. The van der Waals surface area contributed by atoms with Gasteiger partial charge in [0.2, 0.25) is 0 Å². The monoisotopic (exact) mass is 285 g/mol. The first-order valence-corrected chi connectivity index (χ1v) is 7.78. The van der Waals surface area contributed by atoms with Crippen molar-refractivity contribution in [2.24, 2.45) is 5.92 Å². The Hall–Kier alpha value is -1.53. The van der Waals surface area contributed by atoms with Crippen molar-refractivity contribution in [2.45, 2.75) is 45.6 Å². The molecule has 0 aliphatic heterocycles. The maximum absolute atomic E-state index is 5.55. The molecule has 0 spiro atoms. The molecule has 0 atom stereocenters. The van der Waals surface area contributed by atoms with E-state index in [4.69, 9.17) is 11.4 Å². The smallest absolute Gasteiger partial charge is 0.129 e. The Labute approximate surface area is 129 Å². The molecular weight excluding hydrogens is 258 g/mol. The second-order valence-electron chi connectivity index (χ2n) is 7.03. The fourth-order valence-corrected chi connectivity index (χ4v) is 2.38. The summed E-state index contributed by atoms with van der Waals surface area (Å²) < 4.78 is 0. The molecule has 114 valence electrons. The van der Waals surface area contributed by atoms with Gasteiger partial charge in [-0.3, -0.25) is 0 Å². The molecule has 0 amide bonds. The molecule has 1 N–H and O–H groups in total. The minimum atomic E-state index is 0.0416. The van der Waals surface area contributed by atoms with Crippen molar-refractivity contribution in [3.63, 3.8) is 0 Å². The topological polar surface area (TPSA) is 28.2 Å². The van der Waals surface area contributed by atoms with Crippen molar-refractivity contribution in [2.75, 3.05) is 25.0 Å². The number of pyridine rings is 1. The lowest BCUT2D eigenvalue weighted by Gasteiger charge is -2.26. The molecule has 0 radical (unpaired) electrons. The first-order valence-electron chi connectivity index (χ1n) is 7.78. The van der Waals surface area contributed by atoms with E-state index in [2.05, 4.69) is 49.0 Å². The number of hydrogen-bond acceptors (Lipinski definition) is 3. The third-order valence-corrected chi connectivity index (χ3v) is 3.80. The normalized spacial score (nSPS) is 14.8. The van der Waals surface area contributed by atoms with Crippen LogP contribution in [0.3, 0.4) is 0 Å². The standard InChI is InChI=1S/C18H27N3/c1-6-9-21(13-14-7-8-14)17-11-15(12-19-5)10-16(20-17)18(2,3)4/h1,10-11,14,19H,7-9,12-13H2,2-5H3. The second kappa shape index (κ2) is 6.49. The van der Waals surface area contributed by atoms with Crippen LogP contribution < -0.4 is 10.2 Å². The number of nitrogens with one attached hydrogen (secondary N) is 1. The predicted molar refractivity (Wildman–Crippen MR) is 89.5 cm³/mol. The van der Waals surface area contributed by atoms with Crippen molar-refractivity contribution < 1.29 is 0 Å². The lowest BCUT2D eigenvalue weighted by atomic mass is 9.90. The molecule has 3 heteroatoms. The fourth-order valence-electron chi connectivity index (χ4n) is 2.38. The summed E-state index contributed by atoms with van der Waals surface area (Å²) in [6.07, 6.45) is 8.20. The fraction of sp³-hybridized carbons (Fsp3) is 0.611. The maximum atomic E-state index is 5.55. The molecule has 0 aromatic carbocycles. The minimum absolute atomic E-state index is 0.0416. The average Bonchev–Trinajstić information content (AvgIpc) is 3.21. The van der Waals surface area contributed by atoms with Gasteiger partial charge in [0, 0.05) is 24.2 Å². The zero-order chi connectivity index (χ0) is 15.5. The van der Waals surface area contributed by atoms with Gasteiger partial charge in [-0.2, -0.15) is 0 Å². The van der Waals surface area contributed by atoms with Crippen LogP contribution >= 0.6 is 0 Å². The Morgan fingerprint density at radius 2 is 2.10 bits per heavy atom. The molecule has 0 bridgehead atoms. The highest BCUT2D eigenvalue weighted by Gasteiger charge is 2.26. The van der Waals surface area contributed by atoms with E-state index in [-0.39, 0.29) is 5.41 Å². The third kappa shape index (κ3) is 4.47. The summed E-state index contributed by atoms with van der Waals surface area (Å²) in [6, 6.07) is 4.37. The molecule has 0 saturated heterocycles. The Kier molecular flexibility index (Phi) is 4.90. The van der Waals surface area contributed by atoms with Crippen molar-refractivity contribution in [3.05, 3.63) is 23.4 Å². The molecule has 0 unspecified atom stereocenters. The molecular formula is C18H27N3.